The van der Waals surface area contributed by atoms with E-state index in [0.717, 1.165) is 6.08 Å². The predicted molar refractivity (Wildman–Crippen MR) is 52.2 cm³/mol. The summed E-state index contributed by atoms with van der Waals surface area (Å²) in [5, 5.41) is 26.5. The Morgan fingerprint density at radius 1 is 1.25 bits per heavy atom. The van der Waals surface area contributed by atoms with Gasteiger partial charge in [0.25, 0.3) is 0 Å². The third-order valence-electron chi connectivity index (χ3n) is 1.33. The summed E-state index contributed by atoms with van der Waals surface area (Å²) in [7, 11) is 0. The van der Waals surface area contributed by atoms with Gasteiger partial charge in [0, 0.05) is 6.08 Å². The average Bonchev–Trinajstić information content (AvgIpc) is 2.22. The number of hydrogen-bond donors (Lipinski definition) is 3. The molecule has 3 N–H and O–H groups in total. The molecule has 0 aromatic heterocycles. The molecule has 0 aromatic carbocycles. The van der Waals surface area contributed by atoms with Gasteiger partial charge in [0.2, 0.25) is 0 Å². The molecular formula is C9H16O7. The molecule has 7 nitrogen and oxygen atoms in total. The van der Waals surface area contributed by atoms with Crippen molar-refractivity contribution in [2.24, 2.45) is 0 Å². The van der Waals surface area contributed by atoms with Gasteiger partial charge in [-0.1, -0.05) is 6.58 Å². The van der Waals surface area contributed by atoms with E-state index in [-0.39, 0.29) is 26.4 Å². The first-order valence-corrected chi connectivity index (χ1v) is 4.58. The van der Waals surface area contributed by atoms with Crippen LogP contribution in [0.2, 0.25) is 0 Å². The number of aliphatic hydroxyl groups excluding tert-OH is 1. The van der Waals surface area contributed by atoms with E-state index in [4.69, 9.17) is 24.8 Å². The molecule has 0 saturated heterocycles. The maximum absolute atomic E-state index is 10.6. The molecule has 0 spiro atoms. The molecule has 0 bridgehead atoms. The van der Waals surface area contributed by atoms with E-state index < -0.39 is 18.5 Å². The van der Waals surface area contributed by atoms with Crippen molar-refractivity contribution >= 4 is 5.97 Å². The first kappa shape index (κ1) is 15.0. The highest BCUT2D eigenvalue weighted by Gasteiger charge is 2.27. The highest BCUT2D eigenvalue weighted by molar-refractivity contribution is 5.81. The number of ether oxygens (including phenoxy) is 3. The van der Waals surface area contributed by atoms with Crippen LogP contribution in [0, 0.1) is 0 Å². The molecule has 0 aliphatic rings. The van der Waals surface area contributed by atoms with Gasteiger partial charge in [-0.15, -0.1) is 0 Å². The molecule has 0 aliphatic carbocycles. The van der Waals surface area contributed by atoms with Gasteiger partial charge in [0.1, 0.15) is 6.61 Å². The second-order valence-corrected chi connectivity index (χ2v) is 2.76. The Bertz CT molecular complexity index is 214. The van der Waals surface area contributed by atoms with E-state index in [1.165, 1.54) is 0 Å². The summed E-state index contributed by atoms with van der Waals surface area (Å²) >= 11 is 0. The van der Waals surface area contributed by atoms with Crippen LogP contribution in [0.5, 0.6) is 0 Å². The lowest BCUT2D eigenvalue weighted by atomic mass is 10.5. The van der Waals surface area contributed by atoms with Gasteiger partial charge >= 0.3 is 11.9 Å². The quantitative estimate of drug-likeness (QED) is 0.191. The fourth-order valence-electron chi connectivity index (χ4n) is 0.722. The van der Waals surface area contributed by atoms with E-state index in [0.29, 0.717) is 0 Å². The van der Waals surface area contributed by atoms with Crippen LogP contribution in [0.25, 0.3) is 0 Å². The van der Waals surface area contributed by atoms with Crippen LogP contribution in [-0.4, -0.2) is 60.3 Å². The summed E-state index contributed by atoms with van der Waals surface area (Å²) in [5.74, 6) is -3.65. The van der Waals surface area contributed by atoms with Crippen molar-refractivity contribution in [1.82, 2.24) is 0 Å². The van der Waals surface area contributed by atoms with Crippen molar-refractivity contribution in [3.8, 4) is 0 Å². The van der Waals surface area contributed by atoms with Crippen molar-refractivity contribution in [2.75, 3.05) is 33.0 Å². The van der Waals surface area contributed by atoms with Gasteiger partial charge in [-0.05, 0) is 0 Å². The van der Waals surface area contributed by atoms with Crippen LogP contribution >= 0.6 is 0 Å². The molecule has 0 atom stereocenters. The van der Waals surface area contributed by atoms with Crippen LogP contribution < -0.4 is 0 Å². The summed E-state index contributed by atoms with van der Waals surface area (Å²) < 4.78 is 13.8. The predicted octanol–water partition coefficient (Wildman–Crippen LogP) is -1.62. The zero-order valence-electron chi connectivity index (χ0n) is 8.79. The Labute approximate surface area is 92.9 Å². The molecule has 0 aromatic rings. The number of rotatable bonds is 9. The molecule has 0 heterocycles. The lowest BCUT2D eigenvalue weighted by Crippen LogP contribution is -2.39. The van der Waals surface area contributed by atoms with E-state index in [2.05, 4.69) is 11.3 Å². The van der Waals surface area contributed by atoms with Crippen molar-refractivity contribution in [1.29, 1.82) is 0 Å². The third kappa shape index (κ3) is 8.33. The Morgan fingerprint density at radius 3 is 2.44 bits per heavy atom. The van der Waals surface area contributed by atoms with Gasteiger partial charge in [-0.25, -0.2) is 4.79 Å². The third-order valence-corrected chi connectivity index (χ3v) is 1.33. The minimum atomic E-state index is -2.68. The topological polar surface area (TPSA) is 105 Å². The Balaban J connectivity index is 3.57. The average molecular weight is 236 g/mol. The molecule has 0 amide bonds. The molecule has 0 unspecified atom stereocenters. The van der Waals surface area contributed by atoms with E-state index in [9.17, 15) is 4.79 Å². The maximum Gasteiger partial charge on any atom is 0.349 e. The first-order valence-electron chi connectivity index (χ1n) is 4.58. The number of carbonyl (C=O) groups excluding carboxylic acids is 1. The minimum absolute atomic E-state index is 0.0779. The van der Waals surface area contributed by atoms with Gasteiger partial charge in [0.15, 0.2) is 0 Å². The van der Waals surface area contributed by atoms with E-state index in [1.807, 2.05) is 0 Å². The normalized spacial score (nSPS) is 11.2. The van der Waals surface area contributed by atoms with Gasteiger partial charge in [-0.2, -0.15) is 0 Å². The fourth-order valence-corrected chi connectivity index (χ4v) is 0.722. The zero-order chi connectivity index (χ0) is 12.4. The van der Waals surface area contributed by atoms with E-state index >= 15 is 0 Å². The molecule has 0 saturated carbocycles. The van der Waals surface area contributed by atoms with Crippen molar-refractivity contribution in [2.45, 2.75) is 5.97 Å². The lowest BCUT2D eigenvalue weighted by molar-refractivity contribution is -0.335. The molecule has 7 heteroatoms. The van der Waals surface area contributed by atoms with Gasteiger partial charge in [-0.3, -0.25) is 0 Å². The summed E-state index contributed by atoms with van der Waals surface area (Å²) in [6.45, 7) is 2.84. The van der Waals surface area contributed by atoms with Crippen LogP contribution in [0.4, 0.5) is 0 Å². The second kappa shape index (κ2) is 8.20. The lowest BCUT2D eigenvalue weighted by Gasteiger charge is -2.20. The zero-order valence-corrected chi connectivity index (χ0v) is 8.79. The number of esters is 1. The Kier molecular flexibility index (Phi) is 7.69. The first-order chi connectivity index (χ1) is 7.52. The molecule has 0 radical (unpaired) electrons. The van der Waals surface area contributed by atoms with Crippen LogP contribution in [-0.2, 0) is 19.0 Å². The molecule has 0 aliphatic heterocycles. The maximum atomic E-state index is 10.6. The Hall–Kier alpha value is -0.990. The number of hydrogen-bond acceptors (Lipinski definition) is 7. The highest BCUT2D eigenvalue weighted by Crippen LogP contribution is 2.03. The second-order valence-electron chi connectivity index (χ2n) is 2.76. The molecule has 94 valence electrons. The van der Waals surface area contributed by atoms with E-state index in [1.54, 1.807) is 0 Å². The standard InChI is InChI=1S/C9H16O7/c1-2-8(11)16-9(12,13)7-15-6-5-14-4-3-10/h2,10,12-13H,1,3-7H2. The Morgan fingerprint density at radius 2 is 1.88 bits per heavy atom. The molecule has 0 fully saturated rings. The summed E-state index contributed by atoms with van der Waals surface area (Å²) in [4.78, 5) is 10.6. The largest absolute Gasteiger partial charge is 0.403 e. The molecule has 0 rings (SSSR count). The van der Waals surface area contributed by atoms with Crippen LogP contribution in [0.1, 0.15) is 0 Å². The fraction of sp³-hybridized carbons (Fsp3) is 0.667. The molecule has 16 heavy (non-hydrogen) atoms. The monoisotopic (exact) mass is 236 g/mol. The summed E-state index contributed by atoms with van der Waals surface area (Å²) in [6, 6.07) is 0. The van der Waals surface area contributed by atoms with Crippen molar-refractivity contribution in [3.05, 3.63) is 12.7 Å². The van der Waals surface area contributed by atoms with Gasteiger partial charge in [0.05, 0.1) is 26.4 Å². The van der Waals surface area contributed by atoms with Gasteiger partial charge < -0.3 is 29.5 Å². The molecular weight excluding hydrogens is 220 g/mol. The van der Waals surface area contributed by atoms with Crippen LogP contribution in [0.15, 0.2) is 12.7 Å². The smallest absolute Gasteiger partial charge is 0.349 e. The number of aliphatic hydroxyl groups is 3. The highest BCUT2D eigenvalue weighted by atomic mass is 16.8. The SMILES string of the molecule is C=CC(=O)OC(O)(O)COCCOCCO. The van der Waals surface area contributed by atoms with Crippen molar-refractivity contribution in [3.63, 3.8) is 0 Å². The van der Waals surface area contributed by atoms with Crippen LogP contribution in [0.3, 0.4) is 0 Å². The minimum Gasteiger partial charge on any atom is -0.403 e. The summed E-state index contributed by atoms with van der Waals surface area (Å²) in [6.07, 6.45) is 0.797. The number of carbonyl (C=O) groups is 1. The summed E-state index contributed by atoms with van der Waals surface area (Å²) in [5.41, 5.74) is 0. The van der Waals surface area contributed by atoms with Crippen molar-refractivity contribution < 1.29 is 34.3 Å².